The molecule has 0 spiro atoms. The number of allylic oxidation sites excluding steroid dienone is 6. The number of nitrogens with one attached hydrogen (secondary N) is 1. The van der Waals surface area contributed by atoms with Gasteiger partial charge in [-0.15, -0.1) is 4.74 Å². The van der Waals surface area contributed by atoms with Gasteiger partial charge in [-0.1, -0.05) is 49.8 Å². The second kappa shape index (κ2) is 8.11. The first-order chi connectivity index (χ1) is 8.74. The van der Waals surface area contributed by atoms with Crippen LogP contribution in [0.15, 0.2) is 50.6 Å². The van der Waals surface area contributed by atoms with Gasteiger partial charge in [0.05, 0.1) is 6.54 Å². The largest absolute Gasteiger partial charge is 0.440 e. The zero-order valence-corrected chi connectivity index (χ0v) is 10.5. The van der Waals surface area contributed by atoms with Crippen molar-refractivity contribution in [2.75, 3.05) is 0 Å². The van der Waals surface area contributed by atoms with Crippen molar-refractivity contribution in [1.29, 1.82) is 0 Å². The third kappa shape index (κ3) is 5.34. The van der Waals surface area contributed by atoms with Crippen LogP contribution in [-0.4, -0.2) is 9.72 Å². The first-order valence-corrected chi connectivity index (χ1v) is 6.01. The van der Waals surface area contributed by atoms with E-state index in [0.29, 0.717) is 0 Å². The van der Waals surface area contributed by atoms with Crippen molar-refractivity contribution >= 4 is 0 Å². The Morgan fingerprint density at radius 3 is 2.61 bits per heavy atom. The zero-order valence-electron chi connectivity index (χ0n) is 10.5. The molecule has 0 amide bonds. The van der Waals surface area contributed by atoms with Crippen LogP contribution in [0.5, 0.6) is 0 Å². The van der Waals surface area contributed by atoms with Crippen LogP contribution in [-0.2, 0) is 6.54 Å². The molecule has 5 nitrogen and oxygen atoms in total. The first kappa shape index (κ1) is 14.0. The summed E-state index contributed by atoms with van der Waals surface area (Å²) in [7, 11) is 0. The van der Waals surface area contributed by atoms with Gasteiger partial charge in [0.15, 0.2) is 0 Å². The molecule has 18 heavy (non-hydrogen) atoms. The summed E-state index contributed by atoms with van der Waals surface area (Å²) in [5.41, 5.74) is -0.531. The van der Waals surface area contributed by atoms with E-state index in [2.05, 4.69) is 23.6 Å². The van der Waals surface area contributed by atoms with Gasteiger partial charge in [0.2, 0.25) is 0 Å². The van der Waals surface area contributed by atoms with E-state index in [9.17, 15) is 9.59 Å². The van der Waals surface area contributed by atoms with Crippen LogP contribution < -0.4 is 11.4 Å². The van der Waals surface area contributed by atoms with Gasteiger partial charge in [0.25, 0.3) is 0 Å². The zero-order chi connectivity index (χ0) is 13.2. The third-order valence-corrected chi connectivity index (χ3v) is 2.18. The number of hydrogen-bond donors (Lipinski definition) is 1. The summed E-state index contributed by atoms with van der Waals surface area (Å²) < 4.78 is 5.56. The molecule has 0 unspecified atom stereocenters. The average Bonchev–Trinajstić information content (AvgIpc) is 2.66. The lowest BCUT2D eigenvalue weighted by molar-refractivity contribution is 0.260. The highest BCUT2D eigenvalue weighted by atomic mass is 16.5. The Hall–Kier alpha value is -2.04. The number of H-pyrrole nitrogens is 1. The van der Waals surface area contributed by atoms with Gasteiger partial charge in [-0.05, 0) is 12.8 Å². The molecule has 1 rings (SSSR count). The molecule has 0 saturated carbocycles. The Kier molecular flexibility index (Phi) is 6.32. The number of hydrogen-bond acceptors (Lipinski definition) is 3. The van der Waals surface area contributed by atoms with Gasteiger partial charge in [0.1, 0.15) is 0 Å². The summed E-state index contributed by atoms with van der Waals surface area (Å²) in [4.78, 5) is 23.8. The number of aromatic amines is 1. The Labute approximate surface area is 105 Å². The van der Waals surface area contributed by atoms with E-state index in [-0.39, 0.29) is 6.54 Å². The van der Waals surface area contributed by atoms with Crippen molar-refractivity contribution in [3.63, 3.8) is 0 Å². The fraction of sp³-hybridized carbons (Fsp3) is 0.385. The molecule has 1 aromatic heterocycles. The summed E-state index contributed by atoms with van der Waals surface area (Å²) in [5, 5.41) is 0. The minimum Gasteiger partial charge on any atom is -0.317 e. The van der Waals surface area contributed by atoms with E-state index in [1.165, 1.54) is 0 Å². The molecule has 0 aliphatic carbocycles. The van der Waals surface area contributed by atoms with Crippen LogP contribution in [0.4, 0.5) is 0 Å². The van der Waals surface area contributed by atoms with Crippen molar-refractivity contribution in [2.24, 2.45) is 0 Å². The molecule has 0 saturated heterocycles. The molecule has 0 bridgehead atoms. The number of rotatable bonds is 7. The Morgan fingerprint density at radius 1 is 1.17 bits per heavy atom. The lowest BCUT2D eigenvalue weighted by atomic mass is 10.2. The highest BCUT2D eigenvalue weighted by molar-refractivity contribution is 5.04. The third-order valence-electron chi connectivity index (χ3n) is 2.18. The highest BCUT2D eigenvalue weighted by Crippen LogP contribution is 1.92. The van der Waals surface area contributed by atoms with E-state index in [1.54, 1.807) is 6.08 Å². The van der Waals surface area contributed by atoms with E-state index in [0.717, 1.165) is 24.0 Å². The van der Waals surface area contributed by atoms with Gasteiger partial charge in [-0.2, -0.15) is 0 Å². The molecule has 0 aromatic carbocycles. The summed E-state index contributed by atoms with van der Waals surface area (Å²) in [6, 6.07) is 0. The maximum atomic E-state index is 11.1. The Balaban J connectivity index is 2.29. The molecule has 0 atom stereocenters. The monoisotopic (exact) mass is 250 g/mol. The second-order valence-electron chi connectivity index (χ2n) is 3.72. The Morgan fingerprint density at radius 2 is 1.94 bits per heavy atom. The van der Waals surface area contributed by atoms with Crippen LogP contribution in [0.1, 0.15) is 26.2 Å². The highest BCUT2D eigenvalue weighted by Gasteiger charge is 1.97. The molecular weight excluding hydrogens is 232 g/mol. The predicted molar refractivity (Wildman–Crippen MR) is 70.5 cm³/mol. The van der Waals surface area contributed by atoms with Crippen LogP contribution in [0, 0.1) is 0 Å². The lowest BCUT2D eigenvalue weighted by Gasteiger charge is -1.88. The van der Waals surface area contributed by atoms with Crippen LogP contribution in [0.3, 0.4) is 0 Å². The minimum absolute atomic E-state index is 0.244. The Bertz CT molecular complexity index is 529. The molecule has 0 aliphatic heterocycles. The number of unbranched alkanes of at least 4 members (excludes halogenated alkanes) is 1. The number of aromatic nitrogens is 2. The fourth-order valence-corrected chi connectivity index (χ4v) is 1.29. The predicted octanol–water partition coefficient (Wildman–Crippen LogP) is 1.99. The molecule has 1 N–H and O–H groups in total. The van der Waals surface area contributed by atoms with Crippen molar-refractivity contribution in [1.82, 2.24) is 9.72 Å². The van der Waals surface area contributed by atoms with Gasteiger partial charge in [0, 0.05) is 0 Å². The molecule has 0 fully saturated rings. The number of nitrogens with zero attached hydrogens (tertiary/aromatic N) is 1. The van der Waals surface area contributed by atoms with E-state index in [4.69, 9.17) is 0 Å². The lowest BCUT2D eigenvalue weighted by Crippen LogP contribution is -2.15. The summed E-state index contributed by atoms with van der Waals surface area (Å²) in [6.07, 6.45) is 14.9. The molecular formula is C13H18N2O3. The van der Waals surface area contributed by atoms with Crippen molar-refractivity contribution in [3.8, 4) is 0 Å². The molecule has 1 aromatic rings. The maximum Gasteiger partial charge on any atom is 0.440 e. The van der Waals surface area contributed by atoms with Crippen molar-refractivity contribution < 1.29 is 4.52 Å². The van der Waals surface area contributed by atoms with Crippen LogP contribution in [0.2, 0.25) is 0 Å². The molecule has 98 valence electrons. The van der Waals surface area contributed by atoms with Crippen molar-refractivity contribution in [3.05, 3.63) is 57.5 Å². The van der Waals surface area contributed by atoms with E-state index in [1.807, 2.05) is 23.2 Å². The van der Waals surface area contributed by atoms with E-state index >= 15 is 0 Å². The first-order valence-electron chi connectivity index (χ1n) is 6.01. The molecule has 1 heterocycles. The van der Waals surface area contributed by atoms with Gasteiger partial charge < -0.3 is 4.52 Å². The van der Waals surface area contributed by atoms with E-state index < -0.39 is 11.4 Å². The normalized spacial score (nSPS) is 12.3. The standard InChI is InChI=1S/C13H18N2O3/c1-2-3-4-5-6-7-8-9-10-11-15-12(16)14-13(17)18-15/h4-5,7-10H,2-3,6,11H2,1H3,(H,14,16,17)/b5-4+,8-7+,10-9+. The van der Waals surface area contributed by atoms with Crippen LogP contribution in [0.25, 0.3) is 0 Å². The minimum atomic E-state index is -0.731. The SMILES string of the molecule is CCC/C=C/C/C=C/C=C/Cn1oc(=O)[nH]c1=O. The maximum absolute atomic E-state index is 11.1. The smallest absolute Gasteiger partial charge is 0.317 e. The molecule has 5 heteroatoms. The summed E-state index contributed by atoms with van der Waals surface area (Å²) >= 11 is 0. The average molecular weight is 250 g/mol. The topological polar surface area (TPSA) is 68.0 Å². The van der Waals surface area contributed by atoms with Crippen molar-refractivity contribution in [2.45, 2.75) is 32.7 Å². The molecule has 0 radical (unpaired) electrons. The second-order valence-corrected chi connectivity index (χ2v) is 3.72. The molecule has 0 aliphatic rings. The summed E-state index contributed by atoms with van der Waals surface area (Å²) in [5.74, 6) is -0.731. The van der Waals surface area contributed by atoms with Gasteiger partial charge in [-0.3, -0.25) is 0 Å². The van der Waals surface area contributed by atoms with Gasteiger partial charge >= 0.3 is 11.4 Å². The van der Waals surface area contributed by atoms with Crippen LogP contribution >= 0.6 is 0 Å². The quantitative estimate of drug-likeness (QED) is 0.594. The summed E-state index contributed by atoms with van der Waals surface area (Å²) in [6.45, 7) is 2.39. The van der Waals surface area contributed by atoms with Gasteiger partial charge in [-0.25, -0.2) is 14.6 Å². The fourth-order valence-electron chi connectivity index (χ4n) is 1.29.